The highest BCUT2D eigenvalue weighted by molar-refractivity contribution is 7.92. The van der Waals surface area contributed by atoms with Crippen molar-refractivity contribution in [3.8, 4) is 0 Å². The van der Waals surface area contributed by atoms with Gasteiger partial charge in [0.25, 0.3) is 10.0 Å². The van der Waals surface area contributed by atoms with E-state index in [-0.39, 0.29) is 23.4 Å². The van der Waals surface area contributed by atoms with Gasteiger partial charge in [-0.25, -0.2) is 8.42 Å². The summed E-state index contributed by atoms with van der Waals surface area (Å²) < 4.78 is 29.3. The van der Waals surface area contributed by atoms with Gasteiger partial charge in [-0.1, -0.05) is 78.3 Å². The molecule has 4 rings (SSSR count). The van der Waals surface area contributed by atoms with Crippen molar-refractivity contribution in [2.45, 2.75) is 76.4 Å². The minimum atomic E-state index is -4.19. The van der Waals surface area contributed by atoms with Crippen molar-refractivity contribution in [3.05, 3.63) is 92.4 Å². The van der Waals surface area contributed by atoms with E-state index in [1.165, 1.54) is 17.0 Å². The Kier molecular flexibility index (Phi) is 11.0. The maximum absolute atomic E-state index is 14.3. The van der Waals surface area contributed by atoms with Crippen LogP contribution < -0.4 is 9.62 Å². The van der Waals surface area contributed by atoms with Crippen LogP contribution in [-0.4, -0.2) is 43.8 Å². The molecule has 0 saturated heterocycles. The molecule has 0 aliphatic heterocycles. The smallest absolute Gasteiger partial charge is 0.264 e. The first-order chi connectivity index (χ1) is 20.4. The second-order valence-corrected chi connectivity index (χ2v) is 14.1. The average molecular weight is 665 g/mol. The molecular weight excluding hydrogens is 629 g/mol. The fourth-order valence-corrected chi connectivity index (χ4v) is 7.54. The summed E-state index contributed by atoms with van der Waals surface area (Å²) in [6, 6.07) is 15.4. The minimum absolute atomic E-state index is 0.0105. The van der Waals surface area contributed by atoms with Crippen LogP contribution in [0.15, 0.2) is 65.6 Å². The monoisotopic (exact) mass is 663 g/mol. The number of halogens is 3. The maximum atomic E-state index is 14.3. The molecule has 0 spiro atoms. The van der Waals surface area contributed by atoms with Gasteiger partial charge in [-0.15, -0.1) is 0 Å². The Labute approximate surface area is 269 Å². The van der Waals surface area contributed by atoms with Crippen molar-refractivity contribution in [2.24, 2.45) is 0 Å². The maximum Gasteiger partial charge on any atom is 0.264 e. The highest BCUT2D eigenvalue weighted by atomic mass is 35.5. The lowest BCUT2D eigenvalue weighted by molar-refractivity contribution is -0.140. The number of amides is 2. The molecule has 0 aromatic heterocycles. The van der Waals surface area contributed by atoms with Gasteiger partial charge in [0.15, 0.2) is 0 Å². The van der Waals surface area contributed by atoms with Gasteiger partial charge in [0, 0.05) is 27.7 Å². The lowest BCUT2D eigenvalue weighted by Gasteiger charge is -2.34. The predicted molar refractivity (Wildman–Crippen MR) is 173 cm³/mol. The van der Waals surface area contributed by atoms with Gasteiger partial charge >= 0.3 is 0 Å². The zero-order valence-corrected chi connectivity index (χ0v) is 27.5. The first-order valence-electron chi connectivity index (χ1n) is 14.3. The Morgan fingerprint density at radius 3 is 2.16 bits per heavy atom. The van der Waals surface area contributed by atoms with Crippen molar-refractivity contribution >= 4 is 62.3 Å². The van der Waals surface area contributed by atoms with Crippen LogP contribution in [0.1, 0.15) is 55.7 Å². The van der Waals surface area contributed by atoms with Crippen LogP contribution in [0.25, 0.3) is 0 Å². The van der Waals surface area contributed by atoms with E-state index in [4.69, 9.17) is 34.8 Å². The van der Waals surface area contributed by atoms with Crippen molar-refractivity contribution in [1.29, 1.82) is 0 Å². The van der Waals surface area contributed by atoms with Crippen molar-refractivity contribution in [1.82, 2.24) is 10.2 Å². The standard InChI is InChI=1S/C32H36Cl3N3O4S/c1-4-29(32(40)36-26-7-5-6-8-26)37(19-23-11-12-25(34)18-28(23)35)31(39)20-38(30-16-13-24(33)17-22(30)3)43(41,42)27-14-9-21(2)10-15-27/h9-18,26,29H,4-8,19-20H2,1-3H3,(H,36,40). The molecule has 0 radical (unpaired) electrons. The molecule has 1 aliphatic carbocycles. The molecule has 2 amide bonds. The minimum Gasteiger partial charge on any atom is -0.352 e. The number of aryl methyl sites for hydroxylation is 2. The molecule has 0 heterocycles. The Morgan fingerprint density at radius 1 is 0.930 bits per heavy atom. The predicted octanol–water partition coefficient (Wildman–Crippen LogP) is 7.33. The number of sulfonamides is 1. The molecule has 1 aliphatic rings. The van der Waals surface area contributed by atoms with Crippen molar-refractivity contribution in [2.75, 3.05) is 10.8 Å². The zero-order valence-electron chi connectivity index (χ0n) is 24.4. The van der Waals surface area contributed by atoms with Gasteiger partial charge in [-0.3, -0.25) is 13.9 Å². The Balaban J connectivity index is 1.76. The second-order valence-electron chi connectivity index (χ2n) is 10.9. The molecular formula is C32H36Cl3N3O4S. The number of nitrogens with one attached hydrogen (secondary N) is 1. The summed E-state index contributed by atoms with van der Waals surface area (Å²) in [7, 11) is -4.19. The molecule has 3 aromatic carbocycles. The van der Waals surface area contributed by atoms with E-state index in [0.29, 0.717) is 38.3 Å². The van der Waals surface area contributed by atoms with Crippen LogP contribution in [0.2, 0.25) is 15.1 Å². The van der Waals surface area contributed by atoms with Gasteiger partial charge in [0.2, 0.25) is 11.8 Å². The van der Waals surface area contributed by atoms with Crippen LogP contribution >= 0.6 is 34.8 Å². The molecule has 1 atom stereocenters. The van der Waals surface area contributed by atoms with E-state index < -0.39 is 28.5 Å². The van der Waals surface area contributed by atoms with Gasteiger partial charge in [0.1, 0.15) is 12.6 Å². The third-order valence-electron chi connectivity index (χ3n) is 7.76. The number of hydrogen-bond acceptors (Lipinski definition) is 4. The second kappa shape index (κ2) is 14.3. The van der Waals surface area contributed by atoms with Crippen LogP contribution in [0.4, 0.5) is 5.69 Å². The molecule has 11 heteroatoms. The van der Waals surface area contributed by atoms with E-state index in [0.717, 1.165) is 35.6 Å². The molecule has 7 nitrogen and oxygen atoms in total. The van der Waals surface area contributed by atoms with E-state index in [1.54, 1.807) is 55.5 Å². The Hall–Kier alpha value is -2.78. The topological polar surface area (TPSA) is 86.8 Å². The highest BCUT2D eigenvalue weighted by Gasteiger charge is 2.35. The van der Waals surface area contributed by atoms with Crippen molar-refractivity contribution in [3.63, 3.8) is 0 Å². The first-order valence-corrected chi connectivity index (χ1v) is 16.9. The third kappa shape index (κ3) is 8.04. The molecule has 230 valence electrons. The number of anilines is 1. The molecule has 1 N–H and O–H groups in total. The van der Waals surface area contributed by atoms with Gasteiger partial charge in [-0.05, 0) is 86.7 Å². The van der Waals surface area contributed by atoms with Gasteiger partial charge < -0.3 is 10.2 Å². The fourth-order valence-electron chi connectivity index (χ4n) is 5.37. The molecule has 0 bridgehead atoms. The number of benzene rings is 3. The summed E-state index contributed by atoms with van der Waals surface area (Å²) in [6.07, 6.45) is 4.17. The number of rotatable bonds is 11. The van der Waals surface area contributed by atoms with Gasteiger partial charge in [0.05, 0.1) is 10.6 Å². The summed E-state index contributed by atoms with van der Waals surface area (Å²) >= 11 is 18.8. The number of hydrogen-bond donors (Lipinski definition) is 1. The molecule has 1 saturated carbocycles. The third-order valence-corrected chi connectivity index (χ3v) is 10.4. The van der Waals surface area contributed by atoms with Crippen LogP contribution in [-0.2, 0) is 26.2 Å². The first kappa shape index (κ1) is 33.1. The number of carbonyl (C=O) groups is 2. The van der Waals surface area contributed by atoms with E-state index in [2.05, 4.69) is 5.32 Å². The molecule has 1 unspecified atom stereocenters. The molecule has 1 fully saturated rings. The van der Waals surface area contributed by atoms with Gasteiger partial charge in [-0.2, -0.15) is 0 Å². The fraction of sp³-hybridized carbons (Fsp3) is 0.375. The SMILES string of the molecule is CCC(C(=O)NC1CCCC1)N(Cc1ccc(Cl)cc1Cl)C(=O)CN(c1ccc(Cl)cc1C)S(=O)(=O)c1ccc(C)cc1. The summed E-state index contributed by atoms with van der Waals surface area (Å²) in [4.78, 5) is 29.4. The van der Waals surface area contributed by atoms with Crippen LogP contribution in [0.5, 0.6) is 0 Å². The lowest BCUT2D eigenvalue weighted by atomic mass is 10.1. The largest absolute Gasteiger partial charge is 0.352 e. The summed E-state index contributed by atoms with van der Waals surface area (Å²) in [5.41, 5.74) is 2.37. The zero-order chi connectivity index (χ0) is 31.3. The van der Waals surface area contributed by atoms with E-state index in [1.807, 2.05) is 13.8 Å². The lowest BCUT2D eigenvalue weighted by Crippen LogP contribution is -2.53. The number of nitrogens with zero attached hydrogens (tertiary/aromatic N) is 2. The van der Waals surface area contributed by atoms with Crippen LogP contribution in [0, 0.1) is 13.8 Å². The Morgan fingerprint density at radius 2 is 1.56 bits per heavy atom. The van der Waals surface area contributed by atoms with Crippen molar-refractivity contribution < 1.29 is 18.0 Å². The van der Waals surface area contributed by atoms with E-state index in [9.17, 15) is 18.0 Å². The molecule has 3 aromatic rings. The summed E-state index contributed by atoms with van der Waals surface area (Å²) in [5.74, 6) is -0.826. The van der Waals surface area contributed by atoms with E-state index >= 15 is 0 Å². The normalized spacial score (nSPS) is 14.4. The van der Waals surface area contributed by atoms with Crippen LogP contribution in [0.3, 0.4) is 0 Å². The summed E-state index contributed by atoms with van der Waals surface area (Å²) in [5, 5.41) is 4.32. The Bertz CT molecular complexity index is 1580. The average Bonchev–Trinajstić information content (AvgIpc) is 3.46. The quantitative estimate of drug-likeness (QED) is 0.233. The molecule has 43 heavy (non-hydrogen) atoms. The summed E-state index contributed by atoms with van der Waals surface area (Å²) in [6.45, 7) is 4.87. The number of carbonyl (C=O) groups excluding carboxylic acids is 2. The highest BCUT2D eigenvalue weighted by Crippen LogP contribution is 2.30.